The van der Waals surface area contributed by atoms with E-state index < -0.39 is 24.8 Å². The van der Waals surface area contributed by atoms with E-state index >= 15 is 0 Å². The molecule has 0 saturated heterocycles. The minimum atomic E-state index is -1.29. The van der Waals surface area contributed by atoms with Crippen molar-refractivity contribution in [1.82, 2.24) is 0 Å². The summed E-state index contributed by atoms with van der Waals surface area (Å²) >= 11 is 0. The molecule has 0 aromatic rings. The van der Waals surface area contributed by atoms with E-state index in [2.05, 4.69) is 0 Å². The van der Waals surface area contributed by atoms with Gasteiger partial charge in [0.15, 0.2) is 0 Å². The maximum atomic E-state index is 10.2. The molecule has 0 aliphatic rings. The number of carboxylic acid groups (broad SMARTS) is 2. The summed E-state index contributed by atoms with van der Waals surface area (Å²) in [5, 5.41) is 19.3. The van der Waals surface area contributed by atoms with Crippen molar-refractivity contribution < 1.29 is 45.9 Å². The van der Waals surface area contributed by atoms with Gasteiger partial charge in [0.05, 0.1) is 0 Å². The van der Waals surface area contributed by atoms with Gasteiger partial charge in [-0.1, -0.05) is 13.8 Å². The third-order valence-corrected chi connectivity index (χ3v) is 1.47. The number of aliphatic carboxylic acids is 2. The molecule has 0 aliphatic heterocycles. The molecule has 0 heterocycles. The monoisotopic (exact) mass is 288 g/mol. The van der Waals surface area contributed by atoms with Crippen molar-refractivity contribution in [1.29, 1.82) is 0 Å². The molecule has 0 amide bonds. The van der Waals surface area contributed by atoms with Crippen LogP contribution in [0.5, 0.6) is 0 Å². The summed E-state index contributed by atoms with van der Waals surface area (Å²) in [6.45, 7) is 3.23. The van der Waals surface area contributed by atoms with E-state index in [-0.39, 0.29) is 40.9 Å². The molecule has 6 nitrogen and oxygen atoms in total. The van der Waals surface area contributed by atoms with Crippen LogP contribution in [0, 0.1) is 0 Å². The fourth-order valence-electron chi connectivity index (χ4n) is 0.572. The van der Waals surface area contributed by atoms with Crippen LogP contribution >= 0.6 is 0 Å². The van der Waals surface area contributed by atoms with Gasteiger partial charge in [-0.2, -0.15) is 0 Å². The predicted molar refractivity (Wildman–Crippen MR) is 49.8 cm³/mol. The summed E-state index contributed by atoms with van der Waals surface area (Å²) in [5.74, 6) is -3.16. The van der Waals surface area contributed by atoms with Crippen molar-refractivity contribution in [2.24, 2.45) is 0 Å². The average Bonchev–Trinajstić information content (AvgIpc) is 2.16. The number of hydrogen-bond donors (Lipinski definition) is 0. The Labute approximate surface area is 109 Å². The molecular weight excluding hydrogens is 275 g/mol. The Morgan fingerprint density at radius 2 is 1.00 bits per heavy atom. The molecule has 0 aromatic carbocycles. The largest absolute Gasteiger partial charge is 2.00 e. The van der Waals surface area contributed by atoms with Gasteiger partial charge in [-0.25, -0.2) is 0 Å². The second-order valence-electron chi connectivity index (χ2n) is 2.88. The van der Waals surface area contributed by atoms with Gasteiger partial charge in [0.25, 0.3) is 0 Å². The minimum Gasteiger partial charge on any atom is -0.550 e. The molecule has 0 radical (unpaired) electrons. The molecule has 0 saturated carbocycles. The summed E-state index contributed by atoms with van der Waals surface area (Å²) in [6, 6.07) is 0. The fraction of sp³-hybridized carbons (Fsp3) is 0.600. The van der Waals surface area contributed by atoms with Crippen LogP contribution in [0.15, 0.2) is 0 Å². The molecule has 0 fully saturated rings. The molecule has 17 heavy (non-hydrogen) atoms. The first kappa shape index (κ1) is 21.1. The van der Waals surface area contributed by atoms with E-state index in [0.29, 0.717) is 0 Å². The van der Waals surface area contributed by atoms with Crippen LogP contribution in [0.2, 0.25) is 0 Å². The van der Waals surface area contributed by atoms with Crippen LogP contribution in [-0.2, 0) is 35.7 Å². The van der Waals surface area contributed by atoms with E-state index in [0.717, 1.165) is 0 Å². The number of Topliss-reactive ketones (excluding diaryl/α,β-unsaturated/α-hetero) is 2. The number of hydrogen-bond acceptors (Lipinski definition) is 6. The molecule has 0 aromatic heterocycles. The van der Waals surface area contributed by atoms with Crippen molar-refractivity contribution in [2.45, 2.75) is 39.5 Å². The molecule has 7 heteroatoms. The van der Waals surface area contributed by atoms with Crippen LogP contribution in [0.3, 0.4) is 0 Å². The third kappa shape index (κ3) is 20.8. The average molecular weight is 289 g/mol. The molecule has 0 unspecified atom stereocenters. The second kappa shape index (κ2) is 12.8. The predicted octanol–water partition coefficient (Wildman–Crippen LogP) is -1.79. The Hall–Kier alpha value is -1.23. The van der Waals surface area contributed by atoms with Gasteiger partial charge in [-0.05, 0) is 0 Å². The van der Waals surface area contributed by atoms with Crippen molar-refractivity contribution in [2.75, 3.05) is 0 Å². The summed E-state index contributed by atoms with van der Waals surface area (Å²) in [7, 11) is 0. The van der Waals surface area contributed by atoms with Crippen LogP contribution < -0.4 is 10.2 Å². The van der Waals surface area contributed by atoms with Gasteiger partial charge in [-0.15, -0.1) is 0 Å². The van der Waals surface area contributed by atoms with E-state index in [1.54, 1.807) is 13.8 Å². The van der Waals surface area contributed by atoms with E-state index in [1.807, 2.05) is 0 Å². The van der Waals surface area contributed by atoms with E-state index in [9.17, 15) is 29.4 Å². The maximum absolute atomic E-state index is 10.2. The van der Waals surface area contributed by atoms with Crippen molar-refractivity contribution in [3.8, 4) is 0 Å². The quantitative estimate of drug-likeness (QED) is 0.421. The summed E-state index contributed by atoms with van der Waals surface area (Å²) in [4.78, 5) is 39.7. The Morgan fingerprint density at radius 3 is 1.06 bits per heavy atom. The van der Waals surface area contributed by atoms with Crippen molar-refractivity contribution in [3.05, 3.63) is 0 Å². The SMILES string of the molecule is CCC(=O)CC(=O)[O-].CCC(=O)CC(=O)[O-].[Ni+2]. The molecule has 0 spiro atoms. The Kier molecular flexibility index (Phi) is 15.9. The third-order valence-electron chi connectivity index (χ3n) is 1.47. The Morgan fingerprint density at radius 1 is 0.765 bits per heavy atom. The summed E-state index contributed by atoms with van der Waals surface area (Å²) in [5.41, 5.74) is 0. The normalized spacial score (nSPS) is 8.12. The zero-order valence-electron chi connectivity index (χ0n) is 9.59. The molecule has 100 valence electrons. The van der Waals surface area contributed by atoms with Gasteiger partial charge in [0.1, 0.15) is 11.6 Å². The first-order valence-corrected chi connectivity index (χ1v) is 4.76. The Balaban J connectivity index is -0.000000218. The van der Waals surface area contributed by atoms with Gasteiger partial charge in [0, 0.05) is 37.6 Å². The van der Waals surface area contributed by atoms with Gasteiger partial charge < -0.3 is 19.8 Å². The first-order valence-electron chi connectivity index (χ1n) is 4.76. The van der Waals surface area contributed by atoms with Crippen LogP contribution in [0.25, 0.3) is 0 Å². The smallest absolute Gasteiger partial charge is 0.550 e. The van der Waals surface area contributed by atoms with Crippen LogP contribution in [0.4, 0.5) is 0 Å². The number of carbonyl (C=O) groups is 4. The molecule has 0 atom stereocenters. The molecule has 0 aliphatic carbocycles. The number of carboxylic acids is 2. The standard InChI is InChI=1S/2C5H8O3.Ni/c2*1-2-4(6)3-5(7)8;/h2*2-3H2,1H3,(H,7,8);/q;;+2/p-2. The van der Waals surface area contributed by atoms with Gasteiger partial charge in [-0.3, -0.25) is 9.59 Å². The molecule has 0 rings (SSSR count). The first-order chi connectivity index (χ1) is 7.33. The zero-order valence-corrected chi connectivity index (χ0v) is 10.6. The van der Waals surface area contributed by atoms with Gasteiger partial charge >= 0.3 is 16.5 Å². The zero-order chi connectivity index (χ0) is 13.1. The molecule has 0 bridgehead atoms. The maximum Gasteiger partial charge on any atom is 2.00 e. The van der Waals surface area contributed by atoms with Crippen LogP contribution in [-0.4, -0.2) is 23.5 Å². The van der Waals surface area contributed by atoms with Crippen molar-refractivity contribution >= 4 is 23.5 Å². The van der Waals surface area contributed by atoms with Gasteiger partial charge in [0.2, 0.25) is 0 Å². The van der Waals surface area contributed by atoms with Crippen molar-refractivity contribution in [3.63, 3.8) is 0 Å². The Bertz CT molecular complexity index is 246. The summed E-state index contributed by atoms with van der Waals surface area (Å²) in [6.07, 6.45) is -0.352. The number of ketones is 2. The molecular formula is C10H14NiO6. The second-order valence-corrected chi connectivity index (χ2v) is 2.88. The fourth-order valence-corrected chi connectivity index (χ4v) is 0.572. The van der Waals surface area contributed by atoms with E-state index in [1.165, 1.54) is 0 Å². The number of rotatable bonds is 6. The molecule has 0 N–H and O–H groups in total. The summed E-state index contributed by atoms with van der Waals surface area (Å²) < 4.78 is 0. The number of carbonyl (C=O) groups excluding carboxylic acids is 4. The minimum absolute atomic E-state index is 0. The van der Waals surface area contributed by atoms with E-state index in [4.69, 9.17) is 0 Å². The van der Waals surface area contributed by atoms with Crippen LogP contribution in [0.1, 0.15) is 39.5 Å². The topological polar surface area (TPSA) is 114 Å².